The van der Waals surface area contributed by atoms with Crippen LogP contribution in [0.5, 0.6) is 5.75 Å². The van der Waals surface area contributed by atoms with Crippen molar-refractivity contribution in [2.75, 3.05) is 6.61 Å². The van der Waals surface area contributed by atoms with Crippen LogP contribution in [0.2, 0.25) is 0 Å². The first-order valence-corrected chi connectivity index (χ1v) is 6.31. The molecule has 0 bridgehead atoms. The van der Waals surface area contributed by atoms with Crippen molar-refractivity contribution in [3.05, 3.63) is 28.0 Å². The predicted octanol–water partition coefficient (Wildman–Crippen LogP) is 2.50. The molecule has 2 N–H and O–H groups in total. The molecule has 1 atom stereocenters. The Bertz CT molecular complexity index is 473. The number of hydrogen-bond donors (Lipinski definition) is 2. The standard InChI is InChI=1S/C12H12BrFO4/c13-9-4-7(14)3-8(10(15)12(16)17)11(9)18-5-6-1-2-6/h3-4,6,10,15H,1-2,5H2,(H,16,17). The van der Waals surface area contributed by atoms with Crippen LogP contribution in [0.15, 0.2) is 16.6 Å². The van der Waals surface area contributed by atoms with Crippen LogP contribution in [0, 0.1) is 11.7 Å². The van der Waals surface area contributed by atoms with Gasteiger partial charge in [-0.25, -0.2) is 9.18 Å². The lowest BCUT2D eigenvalue weighted by molar-refractivity contribution is -0.147. The molecule has 0 spiro atoms. The molecule has 2 rings (SSSR count). The van der Waals surface area contributed by atoms with Crippen molar-refractivity contribution in [2.24, 2.45) is 5.92 Å². The Morgan fingerprint density at radius 3 is 2.78 bits per heavy atom. The lowest BCUT2D eigenvalue weighted by Crippen LogP contribution is -2.13. The van der Waals surface area contributed by atoms with Crippen molar-refractivity contribution in [1.82, 2.24) is 0 Å². The first-order valence-electron chi connectivity index (χ1n) is 5.51. The molecule has 18 heavy (non-hydrogen) atoms. The second kappa shape index (κ2) is 5.24. The first kappa shape index (κ1) is 13.3. The van der Waals surface area contributed by atoms with E-state index < -0.39 is 17.9 Å². The van der Waals surface area contributed by atoms with Gasteiger partial charge < -0.3 is 14.9 Å². The van der Waals surface area contributed by atoms with Crippen LogP contribution in [-0.2, 0) is 4.79 Å². The maximum atomic E-state index is 13.3. The molecule has 1 fully saturated rings. The molecule has 0 aliphatic heterocycles. The van der Waals surface area contributed by atoms with Gasteiger partial charge in [-0.1, -0.05) is 0 Å². The summed E-state index contributed by atoms with van der Waals surface area (Å²) in [6.07, 6.45) is 0.358. The number of halogens is 2. The number of carboxylic acid groups (broad SMARTS) is 1. The van der Waals surface area contributed by atoms with Crippen LogP contribution in [0.1, 0.15) is 24.5 Å². The Balaban J connectivity index is 2.30. The van der Waals surface area contributed by atoms with Gasteiger partial charge in [0, 0.05) is 5.56 Å². The summed E-state index contributed by atoms with van der Waals surface area (Å²) in [4.78, 5) is 10.8. The Morgan fingerprint density at radius 2 is 2.22 bits per heavy atom. The number of aliphatic carboxylic acids is 1. The van der Waals surface area contributed by atoms with Crippen molar-refractivity contribution in [3.63, 3.8) is 0 Å². The van der Waals surface area contributed by atoms with E-state index in [4.69, 9.17) is 9.84 Å². The Labute approximate surface area is 112 Å². The largest absolute Gasteiger partial charge is 0.492 e. The van der Waals surface area contributed by atoms with Gasteiger partial charge in [0.25, 0.3) is 0 Å². The summed E-state index contributed by atoms with van der Waals surface area (Å²) in [5, 5.41) is 18.3. The highest BCUT2D eigenvalue weighted by molar-refractivity contribution is 9.10. The van der Waals surface area contributed by atoms with Gasteiger partial charge in [0.05, 0.1) is 11.1 Å². The summed E-state index contributed by atoms with van der Waals surface area (Å²) >= 11 is 3.12. The molecule has 0 amide bonds. The number of hydrogen-bond acceptors (Lipinski definition) is 3. The van der Waals surface area contributed by atoms with E-state index in [1.165, 1.54) is 6.07 Å². The third-order valence-electron chi connectivity index (χ3n) is 2.73. The molecule has 6 heteroatoms. The minimum atomic E-state index is -1.80. The first-order chi connectivity index (χ1) is 8.49. The molecular weight excluding hydrogens is 307 g/mol. The van der Waals surface area contributed by atoms with E-state index in [-0.39, 0.29) is 11.3 Å². The molecule has 4 nitrogen and oxygen atoms in total. The number of aliphatic hydroxyl groups is 1. The lowest BCUT2D eigenvalue weighted by Gasteiger charge is -2.15. The van der Waals surface area contributed by atoms with Crippen LogP contribution in [0.25, 0.3) is 0 Å². The molecule has 1 aromatic carbocycles. The number of rotatable bonds is 5. The molecule has 1 saturated carbocycles. The molecular formula is C12H12BrFO4. The molecule has 98 valence electrons. The normalized spacial score (nSPS) is 16.4. The zero-order valence-electron chi connectivity index (χ0n) is 9.40. The molecule has 0 aromatic heterocycles. The van der Waals surface area contributed by atoms with Gasteiger partial charge in [-0.2, -0.15) is 0 Å². The summed E-state index contributed by atoms with van der Waals surface area (Å²) in [6.45, 7) is 0.448. The molecule has 1 aliphatic carbocycles. The smallest absolute Gasteiger partial charge is 0.337 e. The fourth-order valence-electron chi connectivity index (χ4n) is 1.55. The minimum Gasteiger partial charge on any atom is -0.492 e. The van der Waals surface area contributed by atoms with Crippen molar-refractivity contribution in [2.45, 2.75) is 18.9 Å². The fraction of sp³-hybridized carbons (Fsp3) is 0.417. The Kier molecular flexibility index (Phi) is 3.87. The second-order valence-electron chi connectivity index (χ2n) is 4.30. The maximum absolute atomic E-state index is 13.3. The average Bonchev–Trinajstić information content (AvgIpc) is 3.09. The topological polar surface area (TPSA) is 66.8 Å². The maximum Gasteiger partial charge on any atom is 0.337 e. The third-order valence-corrected chi connectivity index (χ3v) is 3.31. The van der Waals surface area contributed by atoms with Gasteiger partial charge >= 0.3 is 5.97 Å². The van der Waals surface area contributed by atoms with Gasteiger partial charge in [0.2, 0.25) is 0 Å². The molecule has 1 unspecified atom stereocenters. The van der Waals surface area contributed by atoms with E-state index in [1.54, 1.807) is 0 Å². The Morgan fingerprint density at radius 1 is 1.56 bits per heavy atom. The van der Waals surface area contributed by atoms with Crippen LogP contribution >= 0.6 is 15.9 Å². The number of carboxylic acids is 1. The zero-order valence-corrected chi connectivity index (χ0v) is 11.0. The molecule has 1 aromatic rings. The van der Waals surface area contributed by atoms with Crippen molar-refractivity contribution >= 4 is 21.9 Å². The number of carbonyl (C=O) groups is 1. The minimum absolute atomic E-state index is 0.0741. The number of aliphatic hydroxyl groups excluding tert-OH is 1. The third kappa shape index (κ3) is 3.00. The number of ether oxygens (including phenoxy) is 1. The van der Waals surface area contributed by atoms with Crippen LogP contribution < -0.4 is 4.74 Å². The van der Waals surface area contributed by atoms with E-state index in [2.05, 4.69) is 15.9 Å². The van der Waals surface area contributed by atoms with E-state index in [0.29, 0.717) is 17.0 Å². The lowest BCUT2D eigenvalue weighted by atomic mass is 10.1. The highest BCUT2D eigenvalue weighted by atomic mass is 79.9. The summed E-state index contributed by atoms with van der Waals surface area (Å²) in [6, 6.07) is 2.16. The fourth-order valence-corrected chi connectivity index (χ4v) is 2.12. The summed E-state index contributed by atoms with van der Waals surface area (Å²) in [5.74, 6) is -1.41. The van der Waals surface area contributed by atoms with Gasteiger partial charge in [0.15, 0.2) is 6.10 Å². The SMILES string of the molecule is O=C(O)C(O)c1cc(F)cc(Br)c1OCC1CC1. The Hall–Kier alpha value is -1.14. The van der Waals surface area contributed by atoms with Crippen molar-refractivity contribution < 1.29 is 24.1 Å². The van der Waals surface area contributed by atoms with Gasteiger partial charge in [-0.3, -0.25) is 0 Å². The van der Waals surface area contributed by atoms with E-state index in [0.717, 1.165) is 18.9 Å². The van der Waals surface area contributed by atoms with E-state index in [9.17, 15) is 14.3 Å². The van der Waals surface area contributed by atoms with Crippen molar-refractivity contribution in [3.8, 4) is 5.75 Å². The van der Waals surface area contributed by atoms with Gasteiger partial charge in [-0.05, 0) is 46.8 Å². The van der Waals surface area contributed by atoms with Gasteiger partial charge in [-0.15, -0.1) is 0 Å². The summed E-state index contributed by atoms with van der Waals surface area (Å²) < 4.78 is 19.0. The van der Waals surface area contributed by atoms with E-state index >= 15 is 0 Å². The molecule has 0 radical (unpaired) electrons. The van der Waals surface area contributed by atoms with Gasteiger partial charge in [0.1, 0.15) is 11.6 Å². The van der Waals surface area contributed by atoms with Crippen molar-refractivity contribution in [1.29, 1.82) is 0 Å². The van der Waals surface area contributed by atoms with Crippen LogP contribution in [0.4, 0.5) is 4.39 Å². The highest BCUT2D eigenvalue weighted by Crippen LogP contribution is 2.37. The van der Waals surface area contributed by atoms with Crippen LogP contribution in [-0.4, -0.2) is 22.8 Å². The predicted molar refractivity (Wildman–Crippen MR) is 64.9 cm³/mol. The summed E-state index contributed by atoms with van der Waals surface area (Å²) in [5.41, 5.74) is -0.0741. The molecule has 0 saturated heterocycles. The zero-order chi connectivity index (χ0) is 13.3. The quantitative estimate of drug-likeness (QED) is 0.875. The van der Waals surface area contributed by atoms with E-state index in [1.807, 2.05) is 0 Å². The molecule has 0 heterocycles. The monoisotopic (exact) mass is 318 g/mol. The molecule has 1 aliphatic rings. The average molecular weight is 319 g/mol. The second-order valence-corrected chi connectivity index (χ2v) is 5.16. The highest BCUT2D eigenvalue weighted by Gasteiger charge is 2.26. The van der Waals surface area contributed by atoms with Crippen LogP contribution in [0.3, 0.4) is 0 Å². The summed E-state index contributed by atoms with van der Waals surface area (Å²) in [7, 11) is 0. The number of benzene rings is 1.